The lowest BCUT2D eigenvalue weighted by Gasteiger charge is -2.29. The van der Waals surface area contributed by atoms with Gasteiger partial charge in [-0.2, -0.15) is 0 Å². The number of nitrogens with zero attached hydrogens (tertiary/aromatic N) is 1. The van der Waals surface area contributed by atoms with Crippen LogP contribution in [0.5, 0.6) is 0 Å². The van der Waals surface area contributed by atoms with E-state index in [-0.39, 0.29) is 40.7 Å². The average Bonchev–Trinajstić information content (AvgIpc) is 3.38. The first-order chi connectivity index (χ1) is 14.4. The number of pyridine rings is 1. The molecule has 0 saturated carbocycles. The van der Waals surface area contributed by atoms with Crippen molar-refractivity contribution in [2.75, 3.05) is 20.2 Å². The monoisotopic (exact) mass is 410 g/mol. The summed E-state index contributed by atoms with van der Waals surface area (Å²) >= 11 is 0. The number of methoxy groups -OCH3 is 1. The van der Waals surface area contributed by atoms with E-state index < -0.39 is 23.4 Å². The highest BCUT2D eigenvalue weighted by atomic mass is 16.5. The number of rotatable bonds is 4. The fourth-order valence-corrected chi connectivity index (χ4v) is 4.29. The van der Waals surface area contributed by atoms with Crippen molar-refractivity contribution in [1.82, 2.24) is 20.5 Å². The maximum atomic E-state index is 13.0. The van der Waals surface area contributed by atoms with Crippen LogP contribution in [0.4, 0.5) is 4.79 Å². The summed E-state index contributed by atoms with van der Waals surface area (Å²) in [5, 5.41) is 5.07. The van der Waals surface area contributed by atoms with Crippen molar-refractivity contribution in [2.24, 2.45) is 11.8 Å². The van der Waals surface area contributed by atoms with Crippen LogP contribution in [0.2, 0.25) is 0 Å². The van der Waals surface area contributed by atoms with Gasteiger partial charge in [-0.1, -0.05) is 6.08 Å². The lowest BCUT2D eigenvalue weighted by atomic mass is 9.91. The number of aromatic nitrogens is 1. The second-order valence-corrected chi connectivity index (χ2v) is 7.55. The Bertz CT molecular complexity index is 1210. The number of H-pyrrole nitrogens is 1. The Balaban J connectivity index is 1.54. The predicted octanol–water partition coefficient (Wildman–Crippen LogP) is 0.330. The molecule has 0 bridgehead atoms. The first-order valence-electron chi connectivity index (χ1n) is 9.39. The third-order valence-corrected chi connectivity index (χ3v) is 5.82. The van der Waals surface area contributed by atoms with Gasteiger partial charge in [-0.3, -0.25) is 19.7 Å². The zero-order valence-corrected chi connectivity index (χ0v) is 15.9. The van der Waals surface area contributed by atoms with Gasteiger partial charge in [0.2, 0.25) is 5.91 Å². The molecule has 2 fully saturated rings. The van der Waals surface area contributed by atoms with Gasteiger partial charge in [-0.15, -0.1) is 0 Å². The fraction of sp³-hybridized carbons (Fsp3) is 0.300. The maximum absolute atomic E-state index is 13.0. The van der Waals surface area contributed by atoms with E-state index in [4.69, 9.17) is 9.15 Å². The van der Waals surface area contributed by atoms with E-state index >= 15 is 0 Å². The summed E-state index contributed by atoms with van der Waals surface area (Å²) in [4.78, 5) is 54.1. The van der Waals surface area contributed by atoms with E-state index in [1.807, 2.05) is 12.2 Å². The number of carbonyl (C=O) groups excluding carboxylic acids is 3. The summed E-state index contributed by atoms with van der Waals surface area (Å²) in [5.74, 6) is -0.600. The average molecular weight is 410 g/mol. The molecule has 3 aliphatic rings. The van der Waals surface area contributed by atoms with Crippen LogP contribution in [0.25, 0.3) is 11.0 Å². The van der Waals surface area contributed by atoms with Crippen LogP contribution in [0.15, 0.2) is 51.5 Å². The molecule has 10 heteroatoms. The standard InChI is InChI=1S/C20H18N4O6/c1-29-11-3-2-10-8-24(17(26)12(10)6-11)9-20(18(27)22-19(28)23-20)15-7-13-14(30-15)4-5-21-16(13)25/h2-7,10,12H,8-9H2,1H3,(H,21,25)(H2,22,23,27,28). The first-order valence-corrected chi connectivity index (χ1v) is 9.39. The van der Waals surface area contributed by atoms with Crippen LogP contribution in [-0.2, 0) is 19.9 Å². The van der Waals surface area contributed by atoms with Gasteiger partial charge in [-0.25, -0.2) is 4.79 Å². The zero-order chi connectivity index (χ0) is 21.0. The molecule has 4 amide bonds. The number of urea groups is 1. The molecular weight excluding hydrogens is 392 g/mol. The van der Waals surface area contributed by atoms with E-state index in [9.17, 15) is 19.2 Å². The first kappa shape index (κ1) is 18.2. The predicted molar refractivity (Wildman–Crippen MR) is 103 cm³/mol. The Morgan fingerprint density at radius 1 is 1.30 bits per heavy atom. The summed E-state index contributed by atoms with van der Waals surface area (Å²) in [6, 6.07) is 2.29. The van der Waals surface area contributed by atoms with E-state index in [2.05, 4.69) is 15.6 Å². The maximum Gasteiger partial charge on any atom is 0.322 e. The Hall–Kier alpha value is -3.82. The second-order valence-electron chi connectivity index (χ2n) is 7.55. The zero-order valence-electron chi connectivity index (χ0n) is 15.9. The number of carbonyl (C=O) groups is 3. The number of imide groups is 1. The van der Waals surface area contributed by atoms with Crippen molar-refractivity contribution in [3.63, 3.8) is 0 Å². The number of nitrogens with one attached hydrogen (secondary N) is 3. The Morgan fingerprint density at radius 2 is 2.13 bits per heavy atom. The van der Waals surface area contributed by atoms with Crippen molar-refractivity contribution >= 4 is 28.8 Å². The number of allylic oxidation sites excluding steroid dienone is 1. The number of aromatic amines is 1. The third-order valence-electron chi connectivity index (χ3n) is 5.82. The van der Waals surface area contributed by atoms with Crippen molar-refractivity contribution in [1.29, 1.82) is 0 Å². The van der Waals surface area contributed by atoms with Gasteiger partial charge in [0.25, 0.3) is 11.5 Å². The topological polar surface area (TPSA) is 134 Å². The van der Waals surface area contributed by atoms with Crippen molar-refractivity contribution in [3.8, 4) is 0 Å². The molecule has 3 N–H and O–H groups in total. The number of likely N-dealkylation sites (tertiary alicyclic amines) is 1. The number of fused-ring (bicyclic) bond motifs is 2. The van der Waals surface area contributed by atoms with Gasteiger partial charge in [0, 0.05) is 18.7 Å². The SMILES string of the molecule is COC1=CC2C(=O)N(CC3(c4cc5c(=O)[nH]ccc5o4)NC(=O)NC3=O)CC2C=C1. The van der Waals surface area contributed by atoms with Crippen LogP contribution >= 0.6 is 0 Å². The highest BCUT2D eigenvalue weighted by molar-refractivity contribution is 6.08. The molecule has 3 atom stereocenters. The highest BCUT2D eigenvalue weighted by Gasteiger charge is 2.54. The fourth-order valence-electron chi connectivity index (χ4n) is 4.29. The van der Waals surface area contributed by atoms with Crippen molar-refractivity contribution < 1.29 is 23.5 Å². The van der Waals surface area contributed by atoms with Gasteiger partial charge >= 0.3 is 6.03 Å². The van der Waals surface area contributed by atoms with Gasteiger partial charge < -0.3 is 24.4 Å². The normalized spacial score (nSPS) is 27.8. The lowest BCUT2D eigenvalue weighted by molar-refractivity contribution is -0.133. The molecule has 30 heavy (non-hydrogen) atoms. The summed E-state index contributed by atoms with van der Waals surface area (Å²) < 4.78 is 11.0. The van der Waals surface area contributed by atoms with Crippen LogP contribution in [0, 0.1) is 11.8 Å². The summed E-state index contributed by atoms with van der Waals surface area (Å²) in [7, 11) is 1.53. The molecular formula is C20H18N4O6. The molecule has 0 spiro atoms. The van der Waals surface area contributed by atoms with Gasteiger partial charge in [0.05, 0.1) is 25.0 Å². The molecule has 5 rings (SSSR count). The quantitative estimate of drug-likeness (QED) is 0.622. The lowest BCUT2D eigenvalue weighted by Crippen LogP contribution is -2.53. The number of hydrogen-bond acceptors (Lipinski definition) is 6. The van der Waals surface area contributed by atoms with E-state index in [1.165, 1.54) is 24.3 Å². The van der Waals surface area contributed by atoms with Crippen LogP contribution in [-0.4, -0.2) is 47.9 Å². The summed E-state index contributed by atoms with van der Waals surface area (Å²) in [5.41, 5.74) is -1.74. The van der Waals surface area contributed by atoms with Crippen molar-refractivity contribution in [2.45, 2.75) is 5.54 Å². The van der Waals surface area contributed by atoms with Crippen molar-refractivity contribution in [3.05, 3.63) is 58.4 Å². The molecule has 1 aliphatic carbocycles. The minimum atomic E-state index is -1.64. The van der Waals surface area contributed by atoms with Gasteiger partial charge in [0.15, 0.2) is 5.54 Å². The molecule has 10 nitrogen and oxygen atoms in total. The molecule has 3 unspecified atom stereocenters. The van der Waals surface area contributed by atoms with Gasteiger partial charge in [-0.05, 0) is 24.3 Å². The van der Waals surface area contributed by atoms with Gasteiger partial charge in [0.1, 0.15) is 17.1 Å². The Labute approximate surface area is 169 Å². The number of amides is 4. The van der Waals surface area contributed by atoms with Crippen LogP contribution in [0.1, 0.15) is 5.76 Å². The molecule has 154 valence electrons. The second kappa shape index (κ2) is 6.34. The van der Waals surface area contributed by atoms with Crippen LogP contribution < -0.4 is 16.2 Å². The van der Waals surface area contributed by atoms with E-state index in [0.29, 0.717) is 12.3 Å². The minimum Gasteiger partial charge on any atom is -0.497 e. The molecule has 2 aromatic heterocycles. The molecule has 2 aromatic rings. The van der Waals surface area contributed by atoms with E-state index in [1.54, 1.807) is 12.1 Å². The van der Waals surface area contributed by atoms with Crippen LogP contribution in [0.3, 0.4) is 0 Å². The largest absolute Gasteiger partial charge is 0.497 e. The third kappa shape index (κ3) is 2.56. The molecule has 2 saturated heterocycles. The minimum absolute atomic E-state index is 0.0628. The Morgan fingerprint density at radius 3 is 2.83 bits per heavy atom. The number of hydrogen-bond donors (Lipinski definition) is 3. The Kier molecular flexibility index (Phi) is 3.85. The highest BCUT2D eigenvalue weighted by Crippen LogP contribution is 2.36. The number of furan rings is 1. The van der Waals surface area contributed by atoms with E-state index in [0.717, 1.165) is 0 Å². The number of ether oxygens (including phenoxy) is 1. The molecule has 2 aliphatic heterocycles. The summed E-state index contributed by atoms with van der Waals surface area (Å²) in [6.45, 7) is 0.247. The molecule has 0 aromatic carbocycles. The molecule has 0 radical (unpaired) electrons. The summed E-state index contributed by atoms with van der Waals surface area (Å²) in [6.07, 6.45) is 6.90. The molecule has 4 heterocycles. The smallest absolute Gasteiger partial charge is 0.322 e.